The first-order valence-corrected chi connectivity index (χ1v) is 8.28. The Balaban J connectivity index is 4.86. The van der Waals surface area contributed by atoms with Gasteiger partial charge in [0.2, 0.25) is 0 Å². The summed E-state index contributed by atoms with van der Waals surface area (Å²) in [6, 6.07) is 0. The Morgan fingerprint density at radius 1 is 1.00 bits per heavy atom. The molecule has 22 heavy (non-hydrogen) atoms. The Kier molecular flexibility index (Phi) is 9.73. The summed E-state index contributed by atoms with van der Waals surface area (Å²) in [5, 5.41) is 0. The molecule has 0 heterocycles. The monoisotopic (exact) mass is 304 g/mol. The summed E-state index contributed by atoms with van der Waals surface area (Å²) in [6.07, 6.45) is 8.76. The molecule has 0 saturated carbocycles. The van der Waals surface area contributed by atoms with E-state index < -0.39 is 0 Å². The number of hydrogen-bond acceptors (Lipinski definition) is 0. The van der Waals surface area contributed by atoms with E-state index in [0.717, 1.165) is 30.4 Å². The Hall–Kier alpha value is -1.37. The molecule has 124 valence electrons. The lowest BCUT2D eigenvalue weighted by Crippen LogP contribution is -1.92. The fourth-order valence-electron chi connectivity index (χ4n) is 1.75. The highest BCUT2D eigenvalue weighted by atomic mass is 19.1. The van der Waals surface area contributed by atoms with Crippen LogP contribution in [0.2, 0.25) is 0 Å². The van der Waals surface area contributed by atoms with Crippen LogP contribution in [0.1, 0.15) is 60.8 Å². The highest BCUT2D eigenvalue weighted by molar-refractivity contribution is 5.46. The van der Waals surface area contributed by atoms with Gasteiger partial charge >= 0.3 is 0 Å². The molecule has 0 aliphatic carbocycles. The van der Waals surface area contributed by atoms with E-state index in [1.54, 1.807) is 0 Å². The number of rotatable bonds is 9. The molecule has 0 bridgehead atoms. The lowest BCUT2D eigenvalue weighted by molar-refractivity contribution is 0.570. The van der Waals surface area contributed by atoms with Crippen LogP contribution in [0, 0.1) is 11.8 Å². The second-order valence-corrected chi connectivity index (χ2v) is 6.65. The first kappa shape index (κ1) is 20.6. The molecule has 0 aliphatic rings. The van der Waals surface area contributed by atoms with Crippen molar-refractivity contribution in [2.24, 2.45) is 11.8 Å². The largest absolute Gasteiger partial charge is 0.206 e. The van der Waals surface area contributed by atoms with Crippen molar-refractivity contribution in [3.8, 4) is 0 Å². The van der Waals surface area contributed by atoms with Crippen LogP contribution in [0.4, 0.5) is 4.39 Å². The third kappa shape index (κ3) is 8.17. The second kappa shape index (κ2) is 10.4. The zero-order valence-corrected chi connectivity index (χ0v) is 15.3. The van der Waals surface area contributed by atoms with Crippen molar-refractivity contribution in [2.45, 2.75) is 60.8 Å². The van der Waals surface area contributed by atoms with Gasteiger partial charge in [0.1, 0.15) is 5.83 Å². The van der Waals surface area contributed by atoms with E-state index in [2.05, 4.69) is 53.0 Å². The Morgan fingerprint density at radius 2 is 1.55 bits per heavy atom. The molecular weight excluding hydrogens is 271 g/mol. The van der Waals surface area contributed by atoms with E-state index in [4.69, 9.17) is 0 Å². The fraction of sp³-hybridized carbons (Fsp3) is 0.524. The predicted molar refractivity (Wildman–Crippen MR) is 98.5 cm³/mol. The normalized spacial score (nSPS) is 15.2. The van der Waals surface area contributed by atoms with E-state index in [1.807, 2.05) is 13.8 Å². The van der Waals surface area contributed by atoms with E-state index in [0.29, 0.717) is 23.0 Å². The average Bonchev–Trinajstić information content (AvgIpc) is 2.48. The number of hydrogen-bond donors (Lipinski definition) is 0. The minimum absolute atomic E-state index is 0.291. The molecule has 1 atom stereocenters. The number of allylic oxidation sites excluding steroid dienone is 8. The van der Waals surface area contributed by atoms with Gasteiger partial charge in [-0.25, -0.2) is 4.39 Å². The third-order valence-corrected chi connectivity index (χ3v) is 3.99. The van der Waals surface area contributed by atoms with E-state index >= 15 is 0 Å². The first-order chi connectivity index (χ1) is 10.2. The summed E-state index contributed by atoms with van der Waals surface area (Å²) < 4.78 is 14.3. The van der Waals surface area contributed by atoms with Gasteiger partial charge in [-0.05, 0) is 61.3 Å². The number of halogens is 1. The van der Waals surface area contributed by atoms with Gasteiger partial charge in [-0.15, -0.1) is 0 Å². The Labute approximate surface area is 137 Å². The molecule has 1 heteroatoms. The zero-order valence-electron chi connectivity index (χ0n) is 15.3. The highest BCUT2D eigenvalue weighted by Crippen LogP contribution is 2.23. The van der Waals surface area contributed by atoms with Crippen LogP contribution in [0.25, 0.3) is 0 Å². The van der Waals surface area contributed by atoms with Crippen LogP contribution in [0.3, 0.4) is 0 Å². The molecule has 0 fully saturated rings. The van der Waals surface area contributed by atoms with Crippen LogP contribution in [0.5, 0.6) is 0 Å². The Morgan fingerprint density at radius 3 is 2.05 bits per heavy atom. The van der Waals surface area contributed by atoms with Gasteiger partial charge in [0, 0.05) is 5.57 Å². The van der Waals surface area contributed by atoms with Gasteiger partial charge in [-0.1, -0.05) is 59.4 Å². The SMILES string of the molecule is C=C(/C=C(/F)C(=C)/C(C)=C/CC(C)CC)/C(C)=C/CC(C)C. The van der Waals surface area contributed by atoms with Gasteiger partial charge in [-0.3, -0.25) is 0 Å². The smallest absolute Gasteiger partial charge is 0.130 e. The molecule has 0 amide bonds. The van der Waals surface area contributed by atoms with Gasteiger partial charge in [0.15, 0.2) is 0 Å². The lowest BCUT2D eigenvalue weighted by atomic mass is 9.99. The molecule has 0 spiro atoms. The molecule has 0 saturated heterocycles. The van der Waals surface area contributed by atoms with E-state index in [1.165, 1.54) is 6.08 Å². The molecule has 0 aliphatic heterocycles. The topological polar surface area (TPSA) is 0 Å². The molecule has 0 aromatic heterocycles. The summed E-state index contributed by atoms with van der Waals surface area (Å²) >= 11 is 0. The van der Waals surface area contributed by atoms with Crippen molar-refractivity contribution in [1.82, 2.24) is 0 Å². The first-order valence-electron chi connectivity index (χ1n) is 8.28. The zero-order chi connectivity index (χ0) is 17.3. The average molecular weight is 304 g/mol. The van der Waals surface area contributed by atoms with Crippen LogP contribution >= 0.6 is 0 Å². The van der Waals surface area contributed by atoms with Crippen molar-refractivity contribution in [3.63, 3.8) is 0 Å². The van der Waals surface area contributed by atoms with Crippen molar-refractivity contribution < 1.29 is 4.39 Å². The maximum absolute atomic E-state index is 14.3. The van der Waals surface area contributed by atoms with Gasteiger partial charge in [-0.2, -0.15) is 0 Å². The molecule has 0 aromatic carbocycles. The summed E-state index contributed by atoms with van der Waals surface area (Å²) in [5.74, 6) is 0.920. The fourth-order valence-corrected chi connectivity index (χ4v) is 1.75. The Bertz CT molecular complexity index is 472. The quantitative estimate of drug-likeness (QED) is 0.391. The molecular formula is C21H33F. The summed E-state index contributed by atoms with van der Waals surface area (Å²) in [4.78, 5) is 0. The van der Waals surface area contributed by atoms with Crippen molar-refractivity contribution >= 4 is 0 Å². The maximum Gasteiger partial charge on any atom is 0.130 e. The van der Waals surface area contributed by atoms with Crippen molar-refractivity contribution in [3.05, 3.63) is 59.5 Å². The van der Waals surface area contributed by atoms with Crippen molar-refractivity contribution in [2.75, 3.05) is 0 Å². The van der Waals surface area contributed by atoms with Gasteiger partial charge in [0.05, 0.1) is 0 Å². The van der Waals surface area contributed by atoms with Crippen LogP contribution in [0.15, 0.2) is 59.5 Å². The van der Waals surface area contributed by atoms with Crippen LogP contribution in [-0.2, 0) is 0 Å². The van der Waals surface area contributed by atoms with Crippen molar-refractivity contribution in [1.29, 1.82) is 0 Å². The minimum Gasteiger partial charge on any atom is -0.206 e. The lowest BCUT2D eigenvalue weighted by Gasteiger charge is -2.08. The molecule has 0 radical (unpaired) electrons. The van der Waals surface area contributed by atoms with E-state index in [-0.39, 0.29) is 5.83 Å². The standard InChI is InChI=1S/C21H33F/c1-9-16(4)11-13-18(6)20(8)21(22)14-19(7)17(5)12-10-15(2)3/h12-16H,7-11H2,1-6H3/b17-12+,18-13+,21-14+. The molecule has 0 nitrogen and oxygen atoms in total. The van der Waals surface area contributed by atoms with Crippen LogP contribution < -0.4 is 0 Å². The molecule has 0 aromatic rings. The predicted octanol–water partition coefficient (Wildman–Crippen LogP) is 7.33. The second-order valence-electron chi connectivity index (χ2n) is 6.65. The summed E-state index contributed by atoms with van der Waals surface area (Å²) in [5.41, 5.74) is 3.11. The molecule has 0 N–H and O–H groups in total. The van der Waals surface area contributed by atoms with Crippen LogP contribution in [-0.4, -0.2) is 0 Å². The summed E-state index contributed by atoms with van der Waals surface area (Å²) in [6.45, 7) is 20.4. The maximum atomic E-state index is 14.3. The van der Waals surface area contributed by atoms with Gasteiger partial charge in [0.25, 0.3) is 0 Å². The molecule has 1 unspecified atom stereocenters. The molecule has 0 rings (SSSR count). The summed E-state index contributed by atoms with van der Waals surface area (Å²) in [7, 11) is 0. The van der Waals surface area contributed by atoms with E-state index in [9.17, 15) is 4.39 Å². The minimum atomic E-state index is -0.291. The van der Waals surface area contributed by atoms with Gasteiger partial charge < -0.3 is 0 Å². The highest BCUT2D eigenvalue weighted by Gasteiger charge is 2.06. The third-order valence-electron chi connectivity index (χ3n) is 3.99.